The standard InChI is InChI=1S/C6H7NO3/c1-2-4(8)3-5(7)6(9)10/h1,5H,3,7H2,(H,9,10)/t5-/m0/s1. The fourth-order valence-corrected chi connectivity index (χ4v) is 0.346. The van der Waals surface area contributed by atoms with Gasteiger partial charge in [0.15, 0.2) is 0 Å². The van der Waals surface area contributed by atoms with E-state index in [1.54, 1.807) is 5.92 Å². The van der Waals surface area contributed by atoms with Crippen molar-refractivity contribution in [3.8, 4) is 12.3 Å². The molecule has 0 aromatic carbocycles. The SMILES string of the molecule is C#CC(=O)C[C@H](N)C(=O)O. The quantitative estimate of drug-likeness (QED) is 0.390. The number of terminal acetylenes is 1. The topological polar surface area (TPSA) is 80.4 Å². The maximum atomic E-state index is 10.3. The lowest BCUT2D eigenvalue weighted by molar-refractivity contribution is -0.139. The molecular formula is C6H7NO3. The number of hydrogen-bond donors (Lipinski definition) is 2. The molecule has 0 radical (unpaired) electrons. The fraction of sp³-hybridized carbons (Fsp3) is 0.333. The lowest BCUT2D eigenvalue weighted by Gasteiger charge is -1.99. The van der Waals surface area contributed by atoms with Gasteiger partial charge in [-0.15, -0.1) is 6.42 Å². The molecule has 0 fully saturated rings. The Hall–Kier alpha value is -1.34. The molecule has 0 spiro atoms. The summed E-state index contributed by atoms with van der Waals surface area (Å²) in [5, 5.41) is 8.18. The van der Waals surface area contributed by atoms with E-state index in [-0.39, 0.29) is 6.42 Å². The Labute approximate surface area is 58.0 Å². The highest BCUT2D eigenvalue weighted by atomic mass is 16.4. The van der Waals surface area contributed by atoms with Crippen LogP contribution in [0.5, 0.6) is 0 Å². The first-order valence-corrected chi connectivity index (χ1v) is 2.55. The zero-order chi connectivity index (χ0) is 8.15. The van der Waals surface area contributed by atoms with Crippen molar-refractivity contribution in [1.82, 2.24) is 0 Å². The van der Waals surface area contributed by atoms with E-state index in [2.05, 4.69) is 6.42 Å². The molecular weight excluding hydrogens is 134 g/mol. The second kappa shape index (κ2) is 3.64. The summed E-state index contributed by atoms with van der Waals surface area (Å²) in [6.07, 6.45) is 4.37. The highest BCUT2D eigenvalue weighted by Gasteiger charge is 2.13. The lowest BCUT2D eigenvalue weighted by Crippen LogP contribution is -2.32. The Kier molecular flexibility index (Phi) is 3.15. The number of hydrogen-bond acceptors (Lipinski definition) is 3. The largest absolute Gasteiger partial charge is 0.480 e. The molecule has 54 valence electrons. The minimum absolute atomic E-state index is 0.300. The van der Waals surface area contributed by atoms with Crippen molar-refractivity contribution in [3.05, 3.63) is 0 Å². The molecule has 0 bridgehead atoms. The number of carboxylic acid groups (broad SMARTS) is 1. The maximum Gasteiger partial charge on any atom is 0.320 e. The zero-order valence-electron chi connectivity index (χ0n) is 5.20. The summed E-state index contributed by atoms with van der Waals surface area (Å²) in [6.45, 7) is 0. The summed E-state index contributed by atoms with van der Waals surface area (Å²) >= 11 is 0. The van der Waals surface area contributed by atoms with E-state index < -0.39 is 17.8 Å². The van der Waals surface area contributed by atoms with Crippen LogP contribution in [0.25, 0.3) is 0 Å². The van der Waals surface area contributed by atoms with Gasteiger partial charge in [-0.3, -0.25) is 9.59 Å². The highest BCUT2D eigenvalue weighted by Crippen LogP contribution is 1.88. The van der Waals surface area contributed by atoms with Gasteiger partial charge in [-0.1, -0.05) is 0 Å². The molecule has 0 aromatic rings. The first-order valence-electron chi connectivity index (χ1n) is 2.55. The van der Waals surface area contributed by atoms with Gasteiger partial charge in [-0.25, -0.2) is 0 Å². The minimum Gasteiger partial charge on any atom is -0.480 e. The molecule has 0 aliphatic rings. The molecule has 1 atom stereocenters. The molecule has 0 saturated carbocycles. The zero-order valence-corrected chi connectivity index (χ0v) is 5.20. The second-order valence-corrected chi connectivity index (χ2v) is 1.72. The highest BCUT2D eigenvalue weighted by molar-refractivity contribution is 5.97. The average molecular weight is 141 g/mol. The van der Waals surface area contributed by atoms with Crippen LogP contribution in [0.4, 0.5) is 0 Å². The predicted octanol–water partition coefficient (Wildman–Crippen LogP) is -1.01. The van der Waals surface area contributed by atoms with Gasteiger partial charge >= 0.3 is 5.97 Å². The van der Waals surface area contributed by atoms with Gasteiger partial charge in [-0.05, 0) is 5.92 Å². The van der Waals surface area contributed by atoms with E-state index in [1.165, 1.54) is 0 Å². The minimum atomic E-state index is -1.22. The molecule has 0 aliphatic carbocycles. The Morgan fingerprint density at radius 1 is 1.70 bits per heavy atom. The number of carbonyl (C=O) groups excluding carboxylic acids is 1. The van der Waals surface area contributed by atoms with Crippen molar-refractivity contribution in [2.45, 2.75) is 12.5 Å². The molecule has 0 saturated heterocycles. The summed E-state index contributed by atoms with van der Waals surface area (Å²) in [6, 6.07) is -1.18. The van der Waals surface area contributed by atoms with Crippen molar-refractivity contribution >= 4 is 11.8 Å². The summed E-state index contributed by atoms with van der Waals surface area (Å²) in [5.74, 6) is -0.0385. The monoisotopic (exact) mass is 141 g/mol. The van der Waals surface area contributed by atoms with Crippen molar-refractivity contribution in [1.29, 1.82) is 0 Å². The third-order valence-corrected chi connectivity index (χ3v) is 0.883. The Morgan fingerprint density at radius 3 is 2.50 bits per heavy atom. The van der Waals surface area contributed by atoms with E-state index in [9.17, 15) is 9.59 Å². The Morgan fingerprint density at radius 2 is 2.20 bits per heavy atom. The molecule has 4 heteroatoms. The van der Waals surface area contributed by atoms with Gasteiger partial charge in [0.2, 0.25) is 5.78 Å². The van der Waals surface area contributed by atoms with Gasteiger partial charge in [0.25, 0.3) is 0 Å². The fourth-order valence-electron chi connectivity index (χ4n) is 0.346. The van der Waals surface area contributed by atoms with Crippen molar-refractivity contribution in [2.24, 2.45) is 5.73 Å². The molecule has 0 heterocycles. The number of nitrogens with two attached hydrogens (primary N) is 1. The summed E-state index contributed by atoms with van der Waals surface area (Å²) < 4.78 is 0. The van der Waals surface area contributed by atoms with E-state index in [0.29, 0.717) is 0 Å². The number of Topliss-reactive ketones (excluding diaryl/α,β-unsaturated/α-hetero) is 1. The number of ketones is 1. The van der Waals surface area contributed by atoms with Gasteiger partial charge in [0.05, 0.1) is 0 Å². The van der Waals surface area contributed by atoms with E-state index in [4.69, 9.17) is 10.8 Å². The van der Waals surface area contributed by atoms with Crippen LogP contribution in [0, 0.1) is 12.3 Å². The molecule has 4 nitrogen and oxygen atoms in total. The molecule has 3 N–H and O–H groups in total. The van der Waals surface area contributed by atoms with E-state index >= 15 is 0 Å². The predicted molar refractivity (Wildman–Crippen MR) is 34.1 cm³/mol. The van der Waals surface area contributed by atoms with Gasteiger partial charge in [0, 0.05) is 6.42 Å². The first-order chi connectivity index (χ1) is 4.57. The summed E-state index contributed by atoms with van der Waals surface area (Å²) in [4.78, 5) is 20.4. The number of aliphatic carboxylic acids is 1. The second-order valence-electron chi connectivity index (χ2n) is 1.72. The van der Waals surface area contributed by atoms with E-state index in [0.717, 1.165) is 0 Å². The van der Waals surface area contributed by atoms with Gasteiger partial charge < -0.3 is 10.8 Å². The van der Waals surface area contributed by atoms with E-state index in [1.807, 2.05) is 0 Å². The van der Waals surface area contributed by atoms with Crippen LogP contribution in [0.1, 0.15) is 6.42 Å². The maximum absolute atomic E-state index is 10.3. The van der Waals surface area contributed by atoms with Crippen LogP contribution >= 0.6 is 0 Å². The molecule has 10 heavy (non-hydrogen) atoms. The average Bonchev–Trinajstić information content (AvgIpc) is 1.87. The van der Waals surface area contributed by atoms with Crippen molar-refractivity contribution < 1.29 is 14.7 Å². The van der Waals surface area contributed by atoms with Crippen LogP contribution in [0.2, 0.25) is 0 Å². The molecule has 0 rings (SSSR count). The summed E-state index contributed by atoms with van der Waals surface area (Å²) in [7, 11) is 0. The molecule has 0 aromatic heterocycles. The number of carbonyl (C=O) groups is 2. The van der Waals surface area contributed by atoms with Gasteiger partial charge in [-0.2, -0.15) is 0 Å². The Bertz CT molecular complexity index is 192. The molecule has 0 unspecified atom stereocenters. The van der Waals surface area contributed by atoms with Crippen LogP contribution in [0.3, 0.4) is 0 Å². The smallest absolute Gasteiger partial charge is 0.320 e. The van der Waals surface area contributed by atoms with Crippen molar-refractivity contribution in [2.75, 3.05) is 0 Å². The third-order valence-electron chi connectivity index (χ3n) is 0.883. The molecule has 0 aliphatic heterocycles. The van der Waals surface area contributed by atoms with Crippen molar-refractivity contribution in [3.63, 3.8) is 0 Å². The first kappa shape index (κ1) is 8.66. The Balaban J connectivity index is 3.82. The lowest BCUT2D eigenvalue weighted by atomic mass is 10.1. The van der Waals surface area contributed by atoms with Crippen LogP contribution in [-0.2, 0) is 9.59 Å². The third kappa shape index (κ3) is 2.84. The molecule has 0 amide bonds. The van der Waals surface area contributed by atoms with Crippen LogP contribution in [-0.4, -0.2) is 22.9 Å². The summed E-state index contributed by atoms with van der Waals surface area (Å²) in [5.41, 5.74) is 4.98. The van der Waals surface area contributed by atoms with Gasteiger partial charge in [0.1, 0.15) is 6.04 Å². The number of carboxylic acids is 1. The normalized spacial score (nSPS) is 11.6. The van der Waals surface area contributed by atoms with Crippen LogP contribution in [0.15, 0.2) is 0 Å². The number of rotatable bonds is 3. The van der Waals surface area contributed by atoms with Crippen LogP contribution < -0.4 is 5.73 Å².